The van der Waals surface area contributed by atoms with E-state index in [9.17, 15) is 14.9 Å². The first-order valence-corrected chi connectivity index (χ1v) is 6.65. The third kappa shape index (κ3) is 3.95. The predicted molar refractivity (Wildman–Crippen MR) is 80.4 cm³/mol. The minimum atomic E-state index is -0.573. The highest BCUT2D eigenvalue weighted by Crippen LogP contribution is 2.31. The molecule has 0 aliphatic carbocycles. The van der Waals surface area contributed by atoms with Crippen molar-refractivity contribution in [2.24, 2.45) is 0 Å². The number of methoxy groups -OCH3 is 1. The van der Waals surface area contributed by atoms with Crippen LogP contribution in [0.4, 0.5) is 5.69 Å². The number of ether oxygens (including phenoxy) is 2. The first-order chi connectivity index (χ1) is 10.5. The topological polar surface area (TPSA) is 78.7 Å². The van der Waals surface area contributed by atoms with Crippen molar-refractivity contribution in [3.8, 4) is 11.5 Å². The highest BCUT2D eigenvalue weighted by Gasteiger charge is 2.16. The van der Waals surface area contributed by atoms with Gasteiger partial charge < -0.3 is 9.47 Å². The molecule has 114 valence electrons. The van der Waals surface area contributed by atoms with Gasteiger partial charge in [0.2, 0.25) is 0 Å². The Balaban J connectivity index is 2.14. The highest BCUT2D eigenvalue weighted by atomic mass is 35.5. The molecular weight excluding hydrogens is 310 g/mol. The Kier molecular flexibility index (Phi) is 4.95. The fourth-order valence-electron chi connectivity index (χ4n) is 1.79. The normalized spacial score (nSPS) is 10.1. The molecule has 0 fully saturated rings. The molecular formula is C15H12ClNO5. The maximum Gasteiger partial charge on any atom is 0.315 e. The first-order valence-electron chi connectivity index (χ1n) is 6.27. The third-order valence-electron chi connectivity index (χ3n) is 2.84. The van der Waals surface area contributed by atoms with E-state index in [4.69, 9.17) is 21.1 Å². The number of hydrogen-bond donors (Lipinski definition) is 0. The van der Waals surface area contributed by atoms with Crippen molar-refractivity contribution in [1.29, 1.82) is 0 Å². The lowest BCUT2D eigenvalue weighted by molar-refractivity contribution is -0.384. The molecule has 6 nitrogen and oxygen atoms in total. The van der Waals surface area contributed by atoms with Gasteiger partial charge in [-0.25, -0.2) is 0 Å². The van der Waals surface area contributed by atoms with Gasteiger partial charge in [0, 0.05) is 11.1 Å². The van der Waals surface area contributed by atoms with E-state index in [1.165, 1.54) is 19.2 Å². The lowest BCUT2D eigenvalue weighted by Crippen LogP contribution is -2.12. The molecule has 0 saturated heterocycles. The standard InChI is InChI=1S/C15H12ClNO5/c1-21-13-7-6-12(17(19)20)9-14(13)22-15(18)8-10-2-4-11(16)5-3-10/h2-7,9H,8H2,1H3. The van der Waals surface area contributed by atoms with Gasteiger partial charge in [0.25, 0.3) is 5.69 Å². The Morgan fingerprint density at radius 3 is 2.45 bits per heavy atom. The summed E-state index contributed by atoms with van der Waals surface area (Å²) in [6.07, 6.45) is 0.0169. The molecule has 0 aromatic heterocycles. The number of hydrogen-bond acceptors (Lipinski definition) is 5. The number of non-ortho nitro benzene ring substituents is 1. The molecule has 0 spiro atoms. The van der Waals surface area contributed by atoms with Gasteiger partial charge in [-0.2, -0.15) is 0 Å². The van der Waals surface area contributed by atoms with E-state index < -0.39 is 10.9 Å². The average molecular weight is 322 g/mol. The third-order valence-corrected chi connectivity index (χ3v) is 3.10. The first kappa shape index (κ1) is 15.8. The van der Waals surface area contributed by atoms with Crippen LogP contribution in [0.3, 0.4) is 0 Å². The second-order valence-electron chi connectivity index (χ2n) is 4.37. The Hall–Kier alpha value is -2.60. The summed E-state index contributed by atoms with van der Waals surface area (Å²) < 4.78 is 10.2. The van der Waals surface area contributed by atoms with Gasteiger partial charge in [-0.3, -0.25) is 14.9 Å². The number of nitro groups is 1. The van der Waals surface area contributed by atoms with Crippen molar-refractivity contribution in [3.63, 3.8) is 0 Å². The van der Waals surface area contributed by atoms with E-state index in [2.05, 4.69) is 0 Å². The van der Waals surface area contributed by atoms with Crippen LogP contribution in [0.1, 0.15) is 5.56 Å². The molecule has 0 unspecified atom stereocenters. The zero-order chi connectivity index (χ0) is 16.1. The van der Waals surface area contributed by atoms with E-state index in [0.717, 1.165) is 11.6 Å². The molecule has 7 heteroatoms. The van der Waals surface area contributed by atoms with Crippen LogP contribution < -0.4 is 9.47 Å². The van der Waals surface area contributed by atoms with Gasteiger partial charge in [-0.05, 0) is 23.8 Å². The molecule has 2 aromatic carbocycles. The summed E-state index contributed by atoms with van der Waals surface area (Å²) in [5, 5.41) is 11.3. The molecule has 0 bridgehead atoms. The van der Waals surface area contributed by atoms with E-state index >= 15 is 0 Å². The Bertz CT molecular complexity index is 700. The van der Waals surface area contributed by atoms with Crippen molar-refractivity contribution >= 4 is 23.3 Å². The Morgan fingerprint density at radius 2 is 1.86 bits per heavy atom. The van der Waals surface area contributed by atoms with Gasteiger partial charge in [-0.1, -0.05) is 23.7 Å². The van der Waals surface area contributed by atoms with Crippen molar-refractivity contribution < 1.29 is 19.2 Å². The summed E-state index contributed by atoms with van der Waals surface area (Å²) >= 11 is 5.77. The summed E-state index contributed by atoms with van der Waals surface area (Å²) in [4.78, 5) is 22.1. The van der Waals surface area contributed by atoms with Gasteiger partial charge in [0.15, 0.2) is 11.5 Å². The van der Waals surface area contributed by atoms with E-state index in [-0.39, 0.29) is 23.6 Å². The number of carbonyl (C=O) groups excluding carboxylic acids is 1. The van der Waals surface area contributed by atoms with Crippen LogP contribution in [0.5, 0.6) is 11.5 Å². The number of halogens is 1. The highest BCUT2D eigenvalue weighted by molar-refractivity contribution is 6.30. The number of esters is 1. The summed E-state index contributed by atoms with van der Waals surface area (Å²) in [6.45, 7) is 0. The number of carbonyl (C=O) groups is 1. The van der Waals surface area contributed by atoms with Crippen LogP contribution in [0.25, 0.3) is 0 Å². The van der Waals surface area contributed by atoms with Crippen molar-refractivity contribution in [2.45, 2.75) is 6.42 Å². The molecule has 0 saturated carbocycles. The monoisotopic (exact) mass is 321 g/mol. The molecule has 0 amide bonds. The smallest absolute Gasteiger partial charge is 0.315 e. The Morgan fingerprint density at radius 1 is 1.18 bits per heavy atom. The summed E-state index contributed by atoms with van der Waals surface area (Å²) in [5.74, 6) is -0.299. The summed E-state index contributed by atoms with van der Waals surface area (Å²) in [7, 11) is 1.39. The Labute approximate surface area is 131 Å². The van der Waals surface area contributed by atoms with Gasteiger partial charge >= 0.3 is 5.97 Å². The second-order valence-corrected chi connectivity index (χ2v) is 4.81. The molecule has 2 rings (SSSR count). The van der Waals surface area contributed by atoms with Gasteiger partial charge in [0.1, 0.15) is 0 Å². The minimum Gasteiger partial charge on any atom is -0.493 e. The summed E-state index contributed by atoms with van der Waals surface area (Å²) in [5.41, 5.74) is 0.536. The van der Waals surface area contributed by atoms with Gasteiger partial charge in [0.05, 0.1) is 24.5 Å². The van der Waals surface area contributed by atoms with Crippen LogP contribution in [-0.4, -0.2) is 18.0 Å². The van der Waals surface area contributed by atoms with Crippen molar-refractivity contribution in [2.75, 3.05) is 7.11 Å². The lowest BCUT2D eigenvalue weighted by atomic mass is 10.1. The second kappa shape index (κ2) is 6.91. The molecule has 2 aromatic rings. The predicted octanol–water partition coefficient (Wildman–Crippen LogP) is 3.40. The zero-order valence-corrected chi connectivity index (χ0v) is 12.4. The SMILES string of the molecule is COc1ccc([N+](=O)[O-])cc1OC(=O)Cc1ccc(Cl)cc1. The molecule has 0 heterocycles. The van der Waals surface area contributed by atoms with Crippen LogP contribution in [0.15, 0.2) is 42.5 Å². The number of nitrogens with zero attached hydrogens (tertiary/aromatic N) is 1. The molecule has 0 N–H and O–H groups in total. The van der Waals surface area contributed by atoms with Crippen LogP contribution >= 0.6 is 11.6 Å². The molecule has 0 radical (unpaired) electrons. The number of rotatable bonds is 5. The van der Waals surface area contributed by atoms with Crippen molar-refractivity contribution in [3.05, 3.63) is 63.2 Å². The van der Waals surface area contributed by atoms with E-state index in [1.54, 1.807) is 24.3 Å². The fraction of sp³-hybridized carbons (Fsp3) is 0.133. The van der Waals surface area contributed by atoms with E-state index in [1.807, 2.05) is 0 Å². The maximum atomic E-state index is 11.9. The zero-order valence-electron chi connectivity index (χ0n) is 11.6. The minimum absolute atomic E-state index is 0.00987. The number of benzene rings is 2. The molecule has 0 aliphatic rings. The quantitative estimate of drug-likeness (QED) is 0.365. The van der Waals surface area contributed by atoms with E-state index in [0.29, 0.717) is 5.02 Å². The van der Waals surface area contributed by atoms with Crippen LogP contribution in [0.2, 0.25) is 5.02 Å². The molecule has 0 atom stereocenters. The molecule has 22 heavy (non-hydrogen) atoms. The summed E-state index contributed by atoms with van der Waals surface area (Å²) in [6, 6.07) is 10.5. The largest absolute Gasteiger partial charge is 0.493 e. The average Bonchev–Trinajstić information content (AvgIpc) is 2.49. The van der Waals surface area contributed by atoms with Crippen molar-refractivity contribution in [1.82, 2.24) is 0 Å². The van der Waals surface area contributed by atoms with Gasteiger partial charge in [-0.15, -0.1) is 0 Å². The maximum absolute atomic E-state index is 11.9. The lowest BCUT2D eigenvalue weighted by Gasteiger charge is -2.09. The van der Waals surface area contributed by atoms with Crippen LogP contribution in [0, 0.1) is 10.1 Å². The van der Waals surface area contributed by atoms with Crippen LogP contribution in [-0.2, 0) is 11.2 Å². The fourth-order valence-corrected chi connectivity index (χ4v) is 1.91. The molecule has 0 aliphatic heterocycles. The number of nitro benzene ring substituents is 1.